The van der Waals surface area contributed by atoms with E-state index in [0.29, 0.717) is 23.2 Å². The lowest BCUT2D eigenvalue weighted by Crippen LogP contribution is -2.61. The number of thiocarbonyl (C=S) groups is 1. The molecule has 0 saturated heterocycles. The molecule has 1 aromatic carbocycles. The summed E-state index contributed by atoms with van der Waals surface area (Å²) in [5, 5.41) is 6.90. The molecule has 0 spiro atoms. The van der Waals surface area contributed by atoms with Crippen LogP contribution in [0.1, 0.15) is 62.7 Å². The van der Waals surface area contributed by atoms with Crippen LogP contribution < -0.4 is 15.4 Å². The SMILES string of the molecule is CC(C)COc1ccc(C(=O)NC(=S)NC23CC4CC(CC(C4)C2)C3)cc1. The fourth-order valence-corrected chi connectivity index (χ4v) is 5.99. The number of amides is 1. The molecule has 0 aromatic heterocycles. The van der Waals surface area contributed by atoms with Gasteiger partial charge in [0.05, 0.1) is 6.61 Å². The number of carbonyl (C=O) groups excluding carboxylic acids is 1. The second kappa shape index (κ2) is 7.42. The zero-order valence-corrected chi connectivity index (χ0v) is 17.1. The summed E-state index contributed by atoms with van der Waals surface area (Å²) >= 11 is 5.49. The predicted molar refractivity (Wildman–Crippen MR) is 111 cm³/mol. The molecular weight excluding hydrogens is 356 g/mol. The summed E-state index contributed by atoms with van der Waals surface area (Å²) < 4.78 is 5.67. The number of hydrogen-bond donors (Lipinski definition) is 2. The van der Waals surface area contributed by atoms with Crippen molar-refractivity contribution < 1.29 is 9.53 Å². The minimum Gasteiger partial charge on any atom is -0.493 e. The Labute approximate surface area is 167 Å². The molecule has 27 heavy (non-hydrogen) atoms. The Bertz CT molecular complexity index is 678. The minimum absolute atomic E-state index is 0.119. The van der Waals surface area contributed by atoms with Crippen LogP contribution in [0.2, 0.25) is 0 Å². The molecule has 4 saturated carbocycles. The van der Waals surface area contributed by atoms with E-state index in [1.54, 1.807) is 12.1 Å². The second-order valence-electron chi connectivity index (χ2n) is 9.34. The van der Waals surface area contributed by atoms with E-state index in [-0.39, 0.29) is 11.4 Å². The number of nitrogens with one attached hydrogen (secondary N) is 2. The van der Waals surface area contributed by atoms with Gasteiger partial charge in [-0.15, -0.1) is 0 Å². The molecule has 4 nitrogen and oxygen atoms in total. The highest BCUT2D eigenvalue weighted by Crippen LogP contribution is 2.55. The summed E-state index contributed by atoms with van der Waals surface area (Å²) in [4.78, 5) is 12.5. The number of hydrogen-bond acceptors (Lipinski definition) is 3. The fourth-order valence-electron chi connectivity index (χ4n) is 5.68. The van der Waals surface area contributed by atoms with Crippen molar-refractivity contribution >= 4 is 23.2 Å². The normalized spacial score (nSPS) is 31.0. The van der Waals surface area contributed by atoms with Crippen molar-refractivity contribution in [1.29, 1.82) is 0 Å². The van der Waals surface area contributed by atoms with Gasteiger partial charge >= 0.3 is 0 Å². The van der Waals surface area contributed by atoms with E-state index in [9.17, 15) is 4.79 Å². The summed E-state index contributed by atoms with van der Waals surface area (Å²) in [5.74, 6) is 3.64. The topological polar surface area (TPSA) is 50.4 Å². The highest BCUT2D eigenvalue weighted by atomic mass is 32.1. The smallest absolute Gasteiger partial charge is 0.257 e. The van der Waals surface area contributed by atoms with E-state index in [2.05, 4.69) is 24.5 Å². The van der Waals surface area contributed by atoms with Crippen LogP contribution in [0.3, 0.4) is 0 Å². The molecule has 4 aliphatic rings. The van der Waals surface area contributed by atoms with Crippen molar-refractivity contribution in [3.05, 3.63) is 29.8 Å². The van der Waals surface area contributed by atoms with Crippen molar-refractivity contribution in [2.45, 2.75) is 57.9 Å². The van der Waals surface area contributed by atoms with Crippen LogP contribution in [0.15, 0.2) is 24.3 Å². The number of benzene rings is 1. The van der Waals surface area contributed by atoms with Gasteiger partial charge in [-0.05, 0) is 98.7 Å². The van der Waals surface area contributed by atoms with Gasteiger partial charge in [0.25, 0.3) is 5.91 Å². The van der Waals surface area contributed by atoms with Gasteiger partial charge in [0.1, 0.15) is 5.75 Å². The average molecular weight is 387 g/mol. The molecule has 2 N–H and O–H groups in total. The summed E-state index contributed by atoms with van der Waals surface area (Å²) in [6.07, 6.45) is 7.80. The highest BCUT2D eigenvalue weighted by Gasteiger charge is 2.51. The van der Waals surface area contributed by atoms with Gasteiger partial charge in [0.15, 0.2) is 5.11 Å². The molecule has 4 fully saturated rings. The molecule has 4 aliphatic carbocycles. The molecule has 0 unspecified atom stereocenters. The first kappa shape index (κ1) is 18.7. The zero-order chi connectivity index (χ0) is 19.0. The maximum Gasteiger partial charge on any atom is 0.257 e. The Kier molecular flexibility index (Phi) is 5.15. The van der Waals surface area contributed by atoms with Gasteiger partial charge in [-0.3, -0.25) is 10.1 Å². The van der Waals surface area contributed by atoms with Gasteiger partial charge in [-0.25, -0.2) is 0 Å². The van der Waals surface area contributed by atoms with Gasteiger partial charge in [-0.1, -0.05) is 13.8 Å². The molecule has 1 aromatic rings. The molecule has 146 valence electrons. The van der Waals surface area contributed by atoms with Crippen molar-refractivity contribution in [3.63, 3.8) is 0 Å². The molecule has 0 aliphatic heterocycles. The average Bonchev–Trinajstić information content (AvgIpc) is 2.58. The molecule has 0 radical (unpaired) electrons. The first-order valence-corrected chi connectivity index (χ1v) is 10.7. The van der Waals surface area contributed by atoms with Crippen LogP contribution >= 0.6 is 12.2 Å². The lowest BCUT2D eigenvalue weighted by Gasteiger charge is -2.57. The van der Waals surface area contributed by atoms with Crippen LogP contribution in [0.4, 0.5) is 0 Å². The predicted octanol–water partition coefficient (Wildman–Crippen LogP) is 4.29. The molecular formula is C22H30N2O2S. The Hall–Kier alpha value is -1.62. The van der Waals surface area contributed by atoms with E-state index in [1.165, 1.54) is 38.5 Å². The maximum atomic E-state index is 12.5. The van der Waals surface area contributed by atoms with E-state index < -0.39 is 0 Å². The molecule has 1 amide bonds. The van der Waals surface area contributed by atoms with Crippen molar-refractivity contribution in [2.24, 2.45) is 23.7 Å². The summed E-state index contributed by atoms with van der Waals surface area (Å²) in [6.45, 7) is 4.89. The highest BCUT2D eigenvalue weighted by molar-refractivity contribution is 7.80. The first-order valence-electron chi connectivity index (χ1n) is 10.3. The third kappa shape index (κ3) is 4.29. The van der Waals surface area contributed by atoms with Gasteiger partial charge in [0.2, 0.25) is 0 Å². The van der Waals surface area contributed by atoms with Crippen LogP contribution in [0.25, 0.3) is 0 Å². The summed E-state index contributed by atoms with van der Waals surface area (Å²) in [6, 6.07) is 7.26. The third-order valence-electron chi connectivity index (χ3n) is 6.34. The largest absolute Gasteiger partial charge is 0.493 e. The Balaban J connectivity index is 1.32. The van der Waals surface area contributed by atoms with Crippen LogP contribution in [0.5, 0.6) is 5.75 Å². The molecule has 5 rings (SSSR count). The lowest BCUT2D eigenvalue weighted by atomic mass is 9.53. The van der Waals surface area contributed by atoms with E-state index in [1.807, 2.05) is 12.1 Å². The molecule has 0 heterocycles. The monoisotopic (exact) mass is 386 g/mol. The standard InChI is InChI=1S/C22H30N2O2S/c1-14(2)13-26-19-5-3-18(4-6-19)20(25)23-21(27)24-22-10-15-7-16(11-22)9-17(8-15)12-22/h3-6,14-17H,7-13H2,1-2H3,(H2,23,24,25,27). The number of rotatable bonds is 5. The lowest BCUT2D eigenvalue weighted by molar-refractivity contribution is -0.0101. The van der Waals surface area contributed by atoms with E-state index in [4.69, 9.17) is 17.0 Å². The number of ether oxygens (including phenoxy) is 1. The Morgan fingerprint density at radius 2 is 1.67 bits per heavy atom. The van der Waals surface area contributed by atoms with E-state index in [0.717, 1.165) is 23.5 Å². The second-order valence-corrected chi connectivity index (χ2v) is 9.74. The van der Waals surface area contributed by atoms with Crippen LogP contribution in [0, 0.1) is 23.7 Å². The quantitative estimate of drug-likeness (QED) is 0.741. The van der Waals surface area contributed by atoms with Gasteiger partial charge < -0.3 is 10.1 Å². The third-order valence-corrected chi connectivity index (χ3v) is 6.55. The summed E-state index contributed by atoms with van der Waals surface area (Å²) in [7, 11) is 0. The Morgan fingerprint density at radius 1 is 1.11 bits per heavy atom. The summed E-state index contributed by atoms with van der Waals surface area (Å²) in [5.41, 5.74) is 0.717. The molecule has 0 atom stereocenters. The van der Waals surface area contributed by atoms with Crippen molar-refractivity contribution in [2.75, 3.05) is 6.61 Å². The zero-order valence-electron chi connectivity index (χ0n) is 16.3. The molecule has 5 heteroatoms. The fraction of sp³-hybridized carbons (Fsp3) is 0.636. The van der Waals surface area contributed by atoms with Gasteiger partial charge in [-0.2, -0.15) is 0 Å². The minimum atomic E-state index is -0.160. The van der Waals surface area contributed by atoms with Crippen LogP contribution in [-0.4, -0.2) is 23.2 Å². The van der Waals surface area contributed by atoms with Crippen LogP contribution in [-0.2, 0) is 0 Å². The van der Waals surface area contributed by atoms with Crippen molar-refractivity contribution in [3.8, 4) is 5.75 Å². The van der Waals surface area contributed by atoms with Crippen molar-refractivity contribution in [1.82, 2.24) is 10.6 Å². The van der Waals surface area contributed by atoms with E-state index >= 15 is 0 Å². The molecule has 4 bridgehead atoms. The maximum absolute atomic E-state index is 12.5. The first-order chi connectivity index (χ1) is 12.9. The Morgan fingerprint density at radius 3 is 2.19 bits per heavy atom. The van der Waals surface area contributed by atoms with Gasteiger partial charge in [0, 0.05) is 11.1 Å². The number of carbonyl (C=O) groups is 1.